The van der Waals surface area contributed by atoms with Crippen molar-refractivity contribution in [2.45, 2.75) is 33.1 Å². The Morgan fingerprint density at radius 3 is 2.12 bits per heavy atom. The Balaban J connectivity index is 1.45. The van der Waals surface area contributed by atoms with Crippen LogP contribution in [0.3, 0.4) is 0 Å². The van der Waals surface area contributed by atoms with Gasteiger partial charge in [0.15, 0.2) is 0 Å². The van der Waals surface area contributed by atoms with Crippen molar-refractivity contribution in [3.63, 3.8) is 0 Å². The van der Waals surface area contributed by atoms with E-state index in [2.05, 4.69) is 18.7 Å². The smallest absolute Gasteiger partial charge is 0.226 e. The van der Waals surface area contributed by atoms with Crippen LogP contribution >= 0.6 is 0 Å². The van der Waals surface area contributed by atoms with Crippen LogP contribution in [0, 0.1) is 12.8 Å². The van der Waals surface area contributed by atoms with E-state index in [-0.39, 0.29) is 11.8 Å². The summed E-state index contributed by atoms with van der Waals surface area (Å²) in [7, 11) is 0. The normalized spacial score (nSPS) is 19.6. The van der Waals surface area contributed by atoms with Crippen molar-refractivity contribution in [1.82, 2.24) is 14.7 Å². The van der Waals surface area contributed by atoms with Gasteiger partial charge in [-0.05, 0) is 31.9 Å². The zero-order valence-corrected chi connectivity index (χ0v) is 16.1. The number of piperidine rings is 1. The Labute approximate surface area is 156 Å². The lowest BCUT2D eigenvalue weighted by Crippen LogP contribution is -2.51. The second kappa shape index (κ2) is 8.67. The predicted molar refractivity (Wildman–Crippen MR) is 103 cm³/mol. The van der Waals surface area contributed by atoms with Crippen molar-refractivity contribution in [1.29, 1.82) is 0 Å². The van der Waals surface area contributed by atoms with E-state index in [9.17, 15) is 9.59 Å². The molecule has 0 radical (unpaired) electrons. The number of carbonyl (C=O) groups is 2. The van der Waals surface area contributed by atoms with E-state index < -0.39 is 0 Å². The summed E-state index contributed by atoms with van der Waals surface area (Å²) in [4.78, 5) is 31.6. The minimum Gasteiger partial charge on any atom is -0.342 e. The molecule has 2 saturated heterocycles. The first-order valence-corrected chi connectivity index (χ1v) is 9.91. The second-order valence-corrected chi connectivity index (χ2v) is 7.58. The average Bonchev–Trinajstić information content (AvgIpc) is 2.69. The van der Waals surface area contributed by atoms with E-state index in [1.54, 1.807) is 0 Å². The summed E-state index contributed by atoms with van der Waals surface area (Å²) in [6.07, 6.45) is 2.05. The number of likely N-dealkylation sites (tertiary alicyclic amines) is 1. The van der Waals surface area contributed by atoms with Crippen LogP contribution in [0.2, 0.25) is 0 Å². The molecule has 0 aromatic heterocycles. The molecule has 26 heavy (non-hydrogen) atoms. The summed E-state index contributed by atoms with van der Waals surface area (Å²) in [6, 6.07) is 8.15. The lowest BCUT2D eigenvalue weighted by Gasteiger charge is -2.38. The van der Waals surface area contributed by atoms with Gasteiger partial charge in [0.1, 0.15) is 0 Å². The molecule has 2 amide bonds. The number of carbonyl (C=O) groups excluding carboxylic acids is 2. The van der Waals surface area contributed by atoms with Gasteiger partial charge in [0.05, 0.1) is 6.42 Å². The molecule has 5 heteroatoms. The number of likely N-dealkylation sites (N-methyl/N-ethyl adjacent to an activating group) is 1. The van der Waals surface area contributed by atoms with E-state index in [1.807, 2.05) is 34.1 Å². The zero-order valence-electron chi connectivity index (χ0n) is 16.1. The molecule has 0 saturated carbocycles. The van der Waals surface area contributed by atoms with Gasteiger partial charge in [0.2, 0.25) is 11.8 Å². The Kier molecular flexibility index (Phi) is 6.30. The third kappa shape index (κ3) is 4.64. The molecule has 2 heterocycles. The Bertz CT molecular complexity index is 613. The molecule has 2 aliphatic rings. The van der Waals surface area contributed by atoms with Gasteiger partial charge >= 0.3 is 0 Å². The van der Waals surface area contributed by atoms with Crippen LogP contribution in [0.25, 0.3) is 0 Å². The number of hydrogen-bond donors (Lipinski definition) is 0. The van der Waals surface area contributed by atoms with Gasteiger partial charge in [-0.25, -0.2) is 0 Å². The topological polar surface area (TPSA) is 43.9 Å². The van der Waals surface area contributed by atoms with Gasteiger partial charge in [-0.15, -0.1) is 0 Å². The molecular weight excluding hydrogens is 326 g/mol. The maximum atomic E-state index is 12.8. The van der Waals surface area contributed by atoms with Crippen LogP contribution in [-0.4, -0.2) is 72.3 Å². The molecule has 3 rings (SSSR count). The highest BCUT2D eigenvalue weighted by Gasteiger charge is 2.31. The standard InChI is InChI=1S/C21H31N3O2/c1-3-22-12-14-24(15-13-22)21(26)19-8-10-23(11-9-19)20(25)16-18-6-4-17(2)5-7-18/h4-7,19H,3,8-16H2,1-2H3. The molecule has 0 atom stereocenters. The third-order valence-electron chi connectivity index (χ3n) is 5.80. The van der Waals surface area contributed by atoms with Gasteiger partial charge in [0.25, 0.3) is 0 Å². The van der Waals surface area contributed by atoms with Crippen LogP contribution in [0.15, 0.2) is 24.3 Å². The van der Waals surface area contributed by atoms with Crippen LogP contribution in [0.1, 0.15) is 30.9 Å². The Morgan fingerprint density at radius 2 is 1.54 bits per heavy atom. The van der Waals surface area contributed by atoms with Gasteiger partial charge in [-0.2, -0.15) is 0 Å². The lowest BCUT2D eigenvalue weighted by molar-refractivity contribution is -0.141. The van der Waals surface area contributed by atoms with E-state index in [0.717, 1.165) is 51.1 Å². The van der Waals surface area contributed by atoms with Crippen molar-refractivity contribution >= 4 is 11.8 Å². The van der Waals surface area contributed by atoms with Crippen molar-refractivity contribution in [2.24, 2.45) is 5.92 Å². The third-order valence-corrected chi connectivity index (χ3v) is 5.80. The molecule has 2 aliphatic heterocycles. The summed E-state index contributed by atoms with van der Waals surface area (Å²) in [5.41, 5.74) is 2.27. The first-order chi connectivity index (χ1) is 12.6. The number of benzene rings is 1. The van der Waals surface area contributed by atoms with Gasteiger partial charge < -0.3 is 14.7 Å². The highest BCUT2D eigenvalue weighted by Crippen LogP contribution is 2.21. The summed E-state index contributed by atoms with van der Waals surface area (Å²) in [6.45, 7) is 10.3. The SMILES string of the molecule is CCN1CCN(C(=O)C2CCN(C(=O)Cc3ccc(C)cc3)CC2)CC1. The van der Waals surface area contributed by atoms with Crippen molar-refractivity contribution < 1.29 is 9.59 Å². The predicted octanol–water partition coefficient (Wildman–Crippen LogP) is 1.94. The number of nitrogens with zero attached hydrogens (tertiary/aromatic N) is 3. The van der Waals surface area contributed by atoms with Crippen LogP contribution in [-0.2, 0) is 16.0 Å². The maximum Gasteiger partial charge on any atom is 0.226 e. The second-order valence-electron chi connectivity index (χ2n) is 7.58. The van der Waals surface area contributed by atoms with Crippen LogP contribution in [0.5, 0.6) is 0 Å². The Morgan fingerprint density at radius 1 is 0.923 bits per heavy atom. The fourth-order valence-electron chi connectivity index (χ4n) is 3.91. The number of aryl methyl sites for hydroxylation is 1. The van der Waals surface area contributed by atoms with E-state index in [4.69, 9.17) is 0 Å². The molecule has 0 aliphatic carbocycles. The minimum atomic E-state index is 0.0894. The first kappa shape index (κ1) is 18.9. The lowest BCUT2D eigenvalue weighted by atomic mass is 9.94. The van der Waals surface area contributed by atoms with E-state index in [0.29, 0.717) is 25.4 Å². The molecule has 2 fully saturated rings. The van der Waals surface area contributed by atoms with Crippen molar-refractivity contribution in [3.05, 3.63) is 35.4 Å². The molecule has 0 spiro atoms. The summed E-state index contributed by atoms with van der Waals surface area (Å²) in [5.74, 6) is 0.564. The van der Waals surface area contributed by atoms with E-state index >= 15 is 0 Å². The number of hydrogen-bond acceptors (Lipinski definition) is 3. The monoisotopic (exact) mass is 357 g/mol. The molecule has 5 nitrogen and oxygen atoms in total. The quantitative estimate of drug-likeness (QED) is 0.827. The average molecular weight is 357 g/mol. The number of amides is 2. The number of piperazine rings is 1. The van der Waals surface area contributed by atoms with Gasteiger partial charge in [-0.3, -0.25) is 9.59 Å². The molecule has 1 aromatic carbocycles. The fourth-order valence-corrected chi connectivity index (χ4v) is 3.91. The molecule has 0 N–H and O–H groups in total. The summed E-state index contributed by atoms with van der Waals surface area (Å²) >= 11 is 0. The fraction of sp³-hybridized carbons (Fsp3) is 0.619. The molecular formula is C21H31N3O2. The Hall–Kier alpha value is -1.88. The molecule has 0 unspecified atom stereocenters. The minimum absolute atomic E-state index is 0.0894. The summed E-state index contributed by atoms with van der Waals surface area (Å²) < 4.78 is 0. The number of rotatable bonds is 4. The molecule has 0 bridgehead atoms. The first-order valence-electron chi connectivity index (χ1n) is 9.91. The van der Waals surface area contributed by atoms with Crippen LogP contribution < -0.4 is 0 Å². The van der Waals surface area contributed by atoms with Gasteiger partial charge in [0, 0.05) is 45.2 Å². The van der Waals surface area contributed by atoms with E-state index in [1.165, 1.54) is 5.56 Å². The van der Waals surface area contributed by atoms with Crippen molar-refractivity contribution in [3.8, 4) is 0 Å². The summed E-state index contributed by atoms with van der Waals surface area (Å²) in [5, 5.41) is 0. The largest absolute Gasteiger partial charge is 0.342 e. The highest BCUT2D eigenvalue weighted by atomic mass is 16.2. The van der Waals surface area contributed by atoms with Gasteiger partial charge in [-0.1, -0.05) is 36.8 Å². The van der Waals surface area contributed by atoms with Crippen LogP contribution in [0.4, 0.5) is 0 Å². The highest BCUT2D eigenvalue weighted by molar-refractivity contribution is 5.81. The molecule has 142 valence electrons. The zero-order chi connectivity index (χ0) is 18.5. The maximum absolute atomic E-state index is 12.8. The van der Waals surface area contributed by atoms with Crippen molar-refractivity contribution in [2.75, 3.05) is 45.8 Å². The molecule has 1 aromatic rings.